The maximum atomic E-state index is 12.3. The number of benzene rings is 2. The van der Waals surface area contributed by atoms with E-state index in [2.05, 4.69) is 5.32 Å². The Morgan fingerprint density at radius 2 is 1.81 bits per heavy atom. The topological polar surface area (TPSA) is 47.6 Å². The van der Waals surface area contributed by atoms with Crippen LogP contribution in [-0.4, -0.2) is 20.1 Å². The van der Waals surface area contributed by atoms with Crippen LogP contribution in [0.2, 0.25) is 5.02 Å². The quantitative estimate of drug-likeness (QED) is 0.931. The number of methoxy groups -OCH3 is 2. The summed E-state index contributed by atoms with van der Waals surface area (Å²) in [6.45, 7) is 1.89. The second-order valence-corrected chi connectivity index (χ2v) is 4.86. The average molecular weight is 306 g/mol. The molecule has 0 saturated carbocycles. The zero-order chi connectivity index (χ0) is 15.4. The van der Waals surface area contributed by atoms with Crippen LogP contribution in [-0.2, 0) is 0 Å². The van der Waals surface area contributed by atoms with Crippen molar-refractivity contribution in [3.05, 3.63) is 52.5 Å². The highest BCUT2D eigenvalue weighted by Crippen LogP contribution is 2.29. The fourth-order valence-corrected chi connectivity index (χ4v) is 2.22. The number of hydrogen-bond acceptors (Lipinski definition) is 3. The van der Waals surface area contributed by atoms with Crippen LogP contribution in [0.1, 0.15) is 15.9 Å². The number of para-hydroxylation sites is 1. The van der Waals surface area contributed by atoms with Crippen molar-refractivity contribution in [1.82, 2.24) is 0 Å². The van der Waals surface area contributed by atoms with E-state index >= 15 is 0 Å². The molecule has 0 spiro atoms. The van der Waals surface area contributed by atoms with E-state index in [0.29, 0.717) is 27.8 Å². The fraction of sp³-hybridized carbons (Fsp3) is 0.188. The first kappa shape index (κ1) is 15.2. The van der Waals surface area contributed by atoms with Crippen molar-refractivity contribution in [1.29, 1.82) is 0 Å². The summed E-state index contributed by atoms with van der Waals surface area (Å²) >= 11 is 6.11. The summed E-state index contributed by atoms with van der Waals surface area (Å²) in [5.74, 6) is 0.816. The number of rotatable bonds is 4. The third-order valence-corrected chi connectivity index (χ3v) is 3.42. The van der Waals surface area contributed by atoms with Gasteiger partial charge in [-0.05, 0) is 36.8 Å². The smallest absolute Gasteiger partial charge is 0.255 e. The highest BCUT2D eigenvalue weighted by atomic mass is 35.5. The molecule has 0 fully saturated rings. The van der Waals surface area contributed by atoms with Gasteiger partial charge in [0.05, 0.1) is 24.9 Å². The Hall–Kier alpha value is -2.20. The molecule has 2 rings (SSSR count). The molecule has 0 aliphatic rings. The minimum Gasteiger partial charge on any atom is -0.493 e. The van der Waals surface area contributed by atoms with Gasteiger partial charge >= 0.3 is 0 Å². The summed E-state index contributed by atoms with van der Waals surface area (Å²) in [5, 5.41) is 3.32. The van der Waals surface area contributed by atoms with Gasteiger partial charge in [-0.15, -0.1) is 0 Å². The fourth-order valence-electron chi connectivity index (χ4n) is 1.95. The van der Waals surface area contributed by atoms with E-state index in [1.165, 1.54) is 7.11 Å². The minimum atomic E-state index is -0.257. The van der Waals surface area contributed by atoms with E-state index < -0.39 is 0 Å². The highest BCUT2D eigenvalue weighted by Gasteiger charge is 2.13. The third kappa shape index (κ3) is 3.28. The van der Waals surface area contributed by atoms with Gasteiger partial charge in [-0.3, -0.25) is 4.79 Å². The Labute approximate surface area is 128 Å². The Balaban J connectivity index is 2.29. The summed E-state index contributed by atoms with van der Waals surface area (Å²) < 4.78 is 10.3. The molecule has 21 heavy (non-hydrogen) atoms. The summed E-state index contributed by atoms with van der Waals surface area (Å²) in [7, 11) is 3.07. The zero-order valence-corrected chi connectivity index (χ0v) is 12.8. The van der Waals surface area contributed by atoms with Crippen molar-refractivity contribution in [2.45, 2.75) is 6.92 Å². The molecule has 0 aromatic heterocycles. The Bertz CT molecular complexity index is 650. The molecule has 0 radical (unpaired) electrons. The number of halogens is 1. The molecule has 1 amide bonds. The first-order valence-electron chi connectivity index (χ1n) is 6.35. The van der Waals surface area contributed by atoms with E-state index in [9.17, 15) is 4.79 Å². The van der Waals surface area contributed by atoms with Crippen LogP contribution in [0.15, 0.2) is 36.4 Å². The molecule has 4 nitrogen and oxygen atoms in total. The number of carbonyl (C=O) groups is 1. The van der Waals surface area contributed by atoms with E-state index in [-0.39, 0.29) is 5.91 Å². The molecule has 5 heteroatoms. The van der Waals surface area contributed by atoms with Gasteiger partial charge in [0.25, 0.3) is 5.91 Å². The number of ether oxygens (including phenoxy) is 2. The summed E-state index contributed by atoms with van der Waals surface area (Å²) in [6, 6.07) is 10.4. The van der Waals surface area contributed by atoms with Gasteiger partial charge in [0, 0.05) is 5.56 Å². The number of anilines is 1. The van der Waals surface area contributed by atoms with Crippen molar-refractivity contribution < 1.29 is 14.3 Å². The molecule has 2 aromatic rings. The van der Waals surface area contributed by atoms with Gasteiger partial charge in [0.1, 0.15) is 0 Å². The van der Waals surface area contributed by atoms with Crippen LogP contribution in [0.25, 0.3) is 0 Å². The lowest BCUT2D eigenvalue weighted by molar-refractivity contribution is 0.102. The van der Waals surface area contributed by atoms with Crippen LogP contribution in [0.5, 0.6) is 11.5 Å². The van der Waals surface area contributed by atoms with Crippen LogP contribution in [0.4, 0.5) is 5.69 Å². The first-order valence-corrected chi connectivity index (χ1v) is 6.73. The maximum Gasteiger partial charge on any atom is 0.255 e. The zero-order valence-electron chi connectivity index (χ0n) is 12.1. The number of carbonyl (C=O) groups excluding carboxylic acids is 1. The molecular weight excluding hydrogens is 290 g/mol. The Morgan fingerprint density at radius 1 is 1.10 bits per heavy atom. The molecular formula is C16H16ClNO3. The molecule has 110 valence electrons. The van der Waals surface area contributed by atoms with Crippen LogP contribution in [0, 0.1) is 6.92 Å². The molecule has 1 N–H and O–H groups in total. The molecule has 0 saturated heterocycles. The Morgan fingerprint density at radius 3 is 2.43 bits per heavy atom. The van der Waals surface area contributed by atoms with E-state index in [4.69, 9.17) is 21.1 Å². The molecule has 0 unspecified atom stereocenters. The molecule has 0 bridgehead atoms. The predicted octanol–water partition coefficient (Wildman–Crippen LogP) is 3.92. The number of amides is 1. The van der Waals surface area contributed by atoms with Gasteiger partial charge in [-0.1, -0.05) is 23.7 Å². The van der Waals surface area contributed by atoms with Crippen molar-refractivity contribution in [3.63, 3.8) is 0 Å². The molecule has 0 aliphatic carbocycles. The Kier molecular flexibility index (Phi) is 4.70. The highest BCUT2D eigenvalue weighted by molar-refractivity contribution is 6.34. The second kappa shape index (κ2) is 6.50. The van der Waals surface area contributed by atoms with Gasteiger partial charge < -0.3 is 14.8 Å². The SMILES string of the molecule is COc1ccc(C(=O)Nc2c(C)cccc2Cl)cc1OC. The number of nitrogens with one attached hydrogen (secondary N) is 1. The monoisotopic (exact) mass is 305 g/mol. The van der Waals surface area contributed by atoms with Crippen LogP contribution < -0.4 is 14.8 Å². The van der Waals surface area contributed by atoms with Gasteiger partial charge in [0.15, 0.2) is 11.5 Å². The largest absolute Gasteiger partial charge is 0.493 e. The van der Waals surface area contributed by atoms with Crippen molar-refractivity contribution in [2.75, 3.05) is 19.5 Å². The summed E-state index contributed by atoms with van der Waals surface area (Å²) in [4.78, 5) is 12.3. The van der Waals surface area contributed by atoms with Gasteiger partial charge in [-0.2, -0.15) is 0 Å². The van der Waals surface area contributed by atoms with E-state index in [1.807, 2.05) is 19.1 Å². The summed E-state index contributed by atoms with van der Waals surface area (Å²) in [5.41, 5.74) is 1.97. The molecule has 0 aliphatic heterocycles. The lowest BCUT2D eigenvalue weighted by atomic mass is 10.1. The number of aryl methyl sites for hydroxylation is 1. The van der Waals surface area contributed by atoms with Crippen molar-refractivity contribution in [2.24, 2.45) is 0 Å². The van der Waals surface area contributed by atoms with E-state index in [1.54, 1.807) is 31.4 Å². The second-order valence-electron chi connectivity index (χ2n) is 4.46. The lowest BCUT2D eigenvalue weighted by Crippen LogP contribution is -2.13. The van der Waals surface area contributed by atoms with Gasteiger partial charge in [0.2, 0.25) is 0 Å². The maximum absolute atomic E-state index is 12.3. The first-order chi connectivity index (χ1) is 10.1. The van der Waals surface area contributed by atoms with E-state index in [0.717, 1.165) is 5.56 Å². The third-order valence-electron chi connectivity index (χ3n) is 3.11. The molecule has 2 aromatic carbocycles. The average Bonchev–Trinajstić information content (AvgIpc) is 2.50. The predicted molar refractivity (Wildman–Crippen MR) is 83.7 cm³/mol. The minimum absolute atomic E-state index is 0.257. The lowest BCUT2D eigenvalue weighted by Gasteiger charge is -2.12. The van der Waals surface area contributed by atoms with Crippen LogP contribution >= 0.6 is 11.6 Å². The molecule has 0 heterocycles. The van der Waals surface area contributed by atoms with Crippen molar-refractivity contribution in [3.8, 4) is 11.5 Å². The molecule has 0 atom stereocenters. The number of hydrogen-bond donors (Lipinski definition) is 1. The van der Waals surface area contributed by atoms with Crippen LogP contribution in [0.3, 0.4) is 0 Å². The standard InChI is InChI=1S/C16H16ClNO3/c1-10-5-4-6-12(17)15(10)18-16(19)11-7-8-13(20-2)14(9-11)21-3/h4-9H,1-3H3,(H,18,19). The summed E-state index contributed by atoms with van der Waals surface area (Å²) in [6.07, 6.45) is 0. The van der Waals surface area contributed by atoms with Gasteiger partial charge in [-0.25, -0.2) is 0 Å². The normalized spacial score (nSPS) is 10.1. The van der Waals surface area contributed by atoms with Crippen molar-refractivity contribution >= 4 is 23.2 Å².